The minimum atomic E-state index is -0.0516. The van der Waals surface area contributed by atoms with Crippen molar-refractivity contribution in [2.75, 3.05) is 26.8 Å². The van der Waals surface area contributed by atoms with E-state index in [4.69, 9.17) is 4.74 Å². The molecule has 1 heterocycles. The highest BCUT2D eigenvalue weighted by molar-refractivity contribution is 5.84. The van der Waals surface area contributed by atoms with E-state index in [2.05, 4.69) is 0 Å². The molecule has 2 aromatic rings. The predicted octanol–water partition coefficient (Wildman–Crippen LogP) is 2.83. The van der Waals surface area contributed by atoms with E-state index < -0.39 is 0 Å². The fourth-order valence-corrected chi connectivity index (χ4v) is 3.07. The summed E-state index contributed by atoms with van der Waals surface area (Å²) < 4.78 is 7.10. The number of methoxy groups -OCH3 is 1. The van der Waals surface area contributed by atoms with E-state index in [1.807, 2.05) is 72.1 Å². The molecule has 0 aliphatic carbocycles. The van der Waals surface area contributed by atoms with Crippen molar-refractivity contribution in [1.29, 1.82) is 0 Å². The number of hydrogen-bond acceptors (Lipinski definition) is 3. The van der Waals surface area contributed by atoms with Gasteiger partial charge in [-0.2, -0.15) is 0 Å². The molecule has 2 amide bonds. The van der Waals surface area contributed by atoms with Gasteiger partial charge in [-0.05, 0) is 24.1 Å². The summed E-state index contributed by atoms with van der Waals surface area (Å²) >= 11 is 0. The maximum atomic E-state index is 13.1. The Morgan fingerprint density at radius 1 is 1.00 bits per heavy atom. The molecule has 0 radical (unpaired) electrons. The highest BCUT2D eigenvalue weighted by atomic mass is 16.5. The Labute approximate surface area is 167 Å². The summed E-state index contributed by atoms with van der Waals surface area (Å²) in [4.78, 5) is 28.9. The minimum absolute atomic E-state index is 0.0111. The molecule has 0 N–H and O–H groups in total. The molecule has 0 atom stereocenters. The normalized spacial score (nSPS) is 10.7. The summed E-state index contributed by atoms with van der Waals surface area (Å²) in [5, 5.41) is 0. The van der Waals surface area contributed by atoms with Gasteiger partial charge in [0.2, 0.25) is 11.8 Å². The zero-order valence-electron chi connectivity index (χ0n) is 17.1. The van der Waals surface area contributed by atoms with Gasteiger partial charge in [0.15, 0.2) is 0 Å². The minimum Gasteiger partial charge on any atom is -0.385 e. The molecule has 28 heavy (non-hydrogen) atoms. The first-order valence-corrected chi connectivity index (χ1v) is 9.73. The number of carbonyl (C=O) groups excluding carboxylic acids is 2. The summed E-state index contributed by atoms with van der Waals surface area (Å²) in [7, 11) is 3.61. The quantitative estimate of drug-likeness (QED) is 0.559. The van der Waals surface area contributed by atoms with E-state index >= 15 is 0 Å². The van der Waals surface area contributed by atoms with Gasteiger partial charge in [0.1, 0.15) is 0 Å². The number of hydrogen-bond donors (Lipinski definition) is 0. The summed E-state index contributed by atoms with van der Waals surface area (Å²) in [5.41, 5.74) is 2.12. The van der Waals surface area contributed by atoms with Crippen LogP contribution in [-0.2, 0) is 34.5 Å². The summed E-state index contributed by atoms with van der Waals surface area (Å²) in [6, 6.07) is 13.9. The monoisotopic (exact) mass is 385 g/mol. The number of nitrogens with zero attached hydrogens (tertiary/aromatic N) is 3. The number of amides is 2. The third-order valence-corrected chi connectivity index (χ3v) is 4.73. The first-order valence-electron chi connectivity index (χ1n) is 9.73. The Morgan fingerprint density at radius 2 is 1.75 bits per heavy atom. The molecule has 0 saturated carbocycles. The SMILES string of the molecule is CCC(=O)N(CCCOC)CC(=O)N(Cc1ccccc1)Cc1cccn1C. The summed E-state index contributed by atoms with van der Waals surface area (Å²) in [6.07, 6.45) is 3.07. The maximum absolute atomic E-state index is 13.1. The number of aromatic nitrogens is 1. The van der Waals surface area contributed by atoms with Gasteiger partial charge >= 0.3 is 0 Å². The first kappa shape index (κ1) is 21.7. The molecule has 1 aromatic carbocycles. The van der Waals surface area contributed by atoms with Crippen molar-refractivity contribution < 1.29 is 14.3 Å². The van der Waals surface area contributed by atoms with E-state index in [1.54, 1.807) is 12.0 Å². The zero-order valence-corrected chi connectivity index (χ0v) is 17.1. The van der Waals surface area contributed by atoms with Crippen molar-refractivity contribution in [3.8, 4) is 0 Å². The van der Waals surface area contributed by atoms with Crippen molar-refractivity contribution in [3.05, 3.63) is 59.9 Å². The Kier molecular flexibility index (Phi) is 8.75. The van der Waals surface area contributed by atoms with Gasteiger partial charge in [-0.1, -0.05) is 37.3 Å². The fourth-order valence-electron chi connectivity index (χ4n) is 3.07. The Morgan fingerprint density at radius 3 is 2.36 bits per heavy atom. The van der Waals surface area contributed by atoms with E-state index in [1.165, 1.54) is 0 Å². The lowest BCUT2D eigenvalue weighted by atomic mass is 10.2. The third-order valence-electron chi connectivity index (χ3n) is 4.73. The fraction of sp³-hybridized carbons (Fsp3) is 0.455. The second-order valence-corrected chi connectivity index (χ2v) is 6.86. The molecule has 152 valence electrons. The molecule has 6 nitrogen and oxygen atoms in total. The highest BCUT2D eigenvalue weighted by Gasteiger charge is 2.21. The lowest BCUT2D eigenvalue weighted by Gasteiger charge is -2.28. The Hall–Kier alpha value is -2.60. The Balaban J connectivity index is 2.13. The van der Waals surface area contributed by atoms with E-state index in [0.717, 1.165) is 11.3 Å². The van der Waals surface area contributed by atoms with Crippen molar-refractivity contribution in [2.24, 2.45) is 7.05 Å². The van der Waals surface area contributed by atoms with Gasteiger partial charge in [-0.15, -0.1) is 0 Å². The van der Waals surface area contributed by atoms with Gasteiger partial charge in [-0.3, -0.25) is 9.59 Å². The number of benzene rings is 1. The predicted molar refractivity (Wildman–Crippen MR) is 109 cm³/mol. The molecule has 0 fully saturated rings. The van der Waals surface area contributed by atoms with Gasteiger partial charge in [0, 0.05) is 52.2 Å². The number of carbonyl (C=O) groups is 2. The van der Waals surface area contributed by atoms with E-state index in [0.29, 0.717) is 39.1 Å². The molecule has 0 bridgehead atoms. The maximum Gasteiger partial charge on any atom is 0.242 e. The van der Waals surface area contributed by atoms with Crippen molar-refractivity contribution in [2.45, 2.75) is 32.9 Å². The number of aryl methyl sites for hydroxylation is 1. The van der Waals surface area contributed by atoms with E-state index in [-0.39, 0.29) is 18.4 Å². The summed E-state index contributed by atoms with van der Waals surface area (Å²) in [5.74, 6) is -0.0627. The van der Waals surface area contributed by atoms with Crippen LogP contribution in [0.1, 0.15) is 31.0 Å². The highest BCUT2D eigenvalue weighted by Crippen LogP contribution is 2.12. The first-order chi connectivity index (χ1) is 13.5. The second-order valence-electron chi connectivity index (χ2n) is 6.86. The lowest BCUT2D eigenvalue weighted by Crippen LogP contribution is -2.43. The van der Waals surface area contributed by atoms with Crippen molar-refractivity contribution >= 4 is 11.8 Å². The van der Waals surface area contributed by atoms with Crippen LogP contribution in [0.5, 0.6) is 0 Å². The van der Waals surface area contributed by atoms with Crippen molar-refractivity contribution in [3.63, 3.8) is 0 Å². The van der Waals surface area contributed by atoms with Crippen LogP contribution in [0.2, 0.25) is 0 Å². The molecule has 1 aromatic heterocycles. The average Bonchev–Trinajstić information content (AvgIpc) is 3.11. The smallest absolute Gasteiger partial charge is 0.242 e. The molecular weight excluding hydrogens is 354 g/mol. The standard InChI is InChI=1S/C22H31N3O3/c1-4-21(26)24(14-9-15-28-3)18-22(27)25(16-19-10-6-5-7-11-19)17-20-12-8-13-23(20)2/h5-8,10-13H,4,9,14-18H2,1-3H3. The zero-order chi connectivity index (χ0) is 20.4. The molecule has 0 spiro atoms. The molecule has 6 heteroatoms. The van der Waals surface area contributed by atoms with Gasteiger partial charge < -0.3 is 19.1 Å². The van der Waals surface area contributed by atoms with Gasteiger partial charge in [-0.25, -0.2) is 0 Å². The molecule has 2 rings (SSSR count). The van der Waals surface area contributed by atoms with Gasteiger partial charge in [0.25, 0.3) is 0 Å². The van der Waals surface area contributed by atoms with E-state index in [9.17, 15) is 9.59 Å². The average molecular weight is 386 g/mol. The second kappa shape index (κ2) is 11.3. The van der Waals surface area contributed by atoms with Crippen LogP contribution in [-0.4, -0.2) is 53.0 Å². The van der Waals surface area contributed by atoms with Crippen LogP contribution in [0.25, 0.3) is 0 Å². The van der Waals surface area contributed by atoms with Crippen LogP contribution >= 0.6 is 0 Å². The Bertz CT molecular complexity index is 742. The van der Waals surface area contributed by atoms with Crippen LogP contribution in [0, 0.1) is 0 Å². The van der Waals surface area contributed by atoms with Crippen molar-refractivity contribution in [1.82, 2.24) is 14.4 Å². The molecular formula is C22H31N3O3. The van der Waals surface area contributed by atoms with Crippen LogP contribution in [0.15, 0.2) is 48.7 Å². The van der Waals surface area contributed by atoms with Crippen LogP contribution in [0.4, 0.5) is 0 Å². The molecule has 0 unspecified atom stereocenters. The van der Waals surface area contributed by atoms with Crippen LogP contribution < -0.4 is 0 Å². The number of ether oxygens (including phenoxy) is 1. The summed E-state index contributed by atoms with van der Waals surface area (Å²) in [6.45, 7) is 4.02. The number of rotatable bonds is 11. The lowest BCUT2D eigenvalue weighted by molar-refractivity contribution is -0.141. The largest absolute Gasteiger partial charge is 0.385 e. The molecule has 0 aliphatic heterocycles. The topological polar surface area (TPSA) is 54.8 Å². The third kappa shape index (κ3) is 6.53. The molecule has 0 aliphatic rings. The molecule has 0 saturated heterocycles. The van der Waals surface area contributed by atoms with Gasteiger partial charge in [0.05, 0.1) is 13.1 Å². The van der Waals surface area contributed by atoms with Crippen LogP contribution in [0.3, 0.4) is 0 Å².